The Kier molecular flexibility index (Phi) is 8.36. The van der Waals surface area contributed by atoms with E-state index in [-0.39, 0.29) is 5.56 Å². The molecule has 2 aromatic carbocycles. The molecule has 0 aliphatic carbocycles. The highest BCUT2D eigenvalue weighted by atomic mass is 32.2. The van der Waals surface area contributed by atoms with Gasteiger partial charge in [-0.15, -0.1) is 11.3 Å². The van der Waals surface area contributed by atoms with Gasteiger partial charge in [0, 0.05) is 36.8 Å². The van der Waals surface area contributed by atoms with Crippen LogP contribution in [0.3, 0.4) is 0 Å². The van der Waals surface area contributed by atoms with E-state index in [0.717, 1.165) is 27.7 Å². The SMILES string of the molecule is CC(=O)[O-].CCn1c(=O)/c(=C/C=C2\Sc3ccc4ccccc4c3N2C)s/c1=C\c1scc(C)[n+]1CC. The number of hydrogen-bond donors (Lipinski definition) is 0. The number of aromatic nitrogens is 2. The topological polar surface area (TPSA) is 69.2 Å². The largest absolute Gasteiger partial charge is 0.550 e. The van der Waals surface area contributed by atoms with E-state index in [1.807, 2.05) is 17.6 Å². The van der Waals surface area contributed by atoms with Gasteiger partial charge in [-0.2, -0.15) is 4.57 Å². The summed E-state index contributed by atoms with van der Waals surface area (Å²) in [4.78, 5) is 25.5. The van der Waals surface area contributed by atoms with Crippen LogP contribution in [0, 0.1) is 6.92 Å². The summed E-state index contributed by atoms with van der Waals surface area (Å²) in [6.45, 7) is 8.87. The quantitative estimate of drug-likeness (QED) is 0.365. The monoisotopic (exact) mass is 551 g/mol. The lowest BCUT2D eigenvalue weighted by atomic mass is 10.1. The Bertz CT molecular complexity index is 1670. The number of carboxylic acids is 1. The number of anilines is 1. The predicted molar refractivity (Wildman–Crippen MR) is 153 cm³/mol. The fourth-order valence-electron chi connectivity index (χ4n) is 4.27. The van der Waals surface area contributed by atoms with Gasteiger partial charge in [0.25, 0.3) is 10.6 Å². The van der Waals surface area contributed by atoms with Gasteiger partial charge in [-0.3, -0.25) is 9.36 Å². The number of rotatable bonds is 4. The van der Waals surface area contributed by atoms with Crippen molar-refractivity contribution in [1.82, 2.24) is 4.57 Å². The zero-order chi connectivity index (χ0) is 26.7. The Hall–Kier alpha value is -3.14. The molecule has 0 N–H and O–H groups in total. The normalized spacial score (nSPS) is 14.8. The third kappa shape index (κ3) is 5.58. The molecule has 2 aromatic heterocycles. The van der Waals surface area contributed by atoms with Gasteiger partial charge in [-0.05, 0) is 44.4 Å². The first-order chi connectivity index (χ1) is 17.7. The summed E-state index contributed by atoms with van der Waals surface area (Å²) in [7, 11) is 2.10. The molecule has 5 rings (SSSR count). The standard InChI is InChI=1S/C26H26N3OS3.C2H4O2/c1-5-28-17(3)16-31-23(28)15-24-29(6-2)26(30)21(33-24)13-14-22-27(4)25-19-10-8-7-9-18(19)11-12-20(25)32-22;1-2(3)4/h7-16H,5-6H2,1-4H3;1H3,(H,3,4)/q+1;/p-1/b21-13-,22-14-;. The molecule has 6 nitrogen and oxygen atoms in total. The molecule has 0 spiro atoms. The van der Waals surface area contributed by atoms with E-state index in [0.29, 0.717) is 6.54 Å². The third-order valence-electron chi connectivity index (χ3n) is 5.98. The fraction of sp³-hybridized carbons (Fsp3) is 0.250. The summed E-state index contributed by atoms with van der Waals surface area (Å²) in [6.07, 6.45) is 6.22. The molecular formula is C28H29N3O3S3. The number of carbonyl (C=O) groups excluding carboxylic acids is 1. The van der Waals surface area contributed by atoms with E-state index in [1.165, 1.54) is 32.1 Å². The van der Waals surface area contributed by atoms with Gasteiger partial charge < -0.3 is 14.8 Å². The molecule has 0 radical (unpaired) electrons. The van der Waals surface area contributed by atoms with Crippen LogP contribution in [-0.4, -0.2) is 17.6 Å². The van der Waals surface area contributed by atoms with Gasteiger partial charge in [0.2, 0.25) is 0 Å². The minimum absolute atomic E-state index is 0.0792. The van der Waals surface area contributed by atoms with Gasteiger partial charge in [-0.25, -0.2) is 0 Å². The van der Waals surface area contributed by atoms with Crippen molar-refractivity contribution in [3.63, 3.8) is 0 Å². The van der Waals surface area contributed by atoms with Crippen LogP contribution in [-0.2, 0) is 17.9 Å². The van der Waals surface area contributed by atoms with Crippen LogP contribution in [0.25, 0.3) is 22.9 Å². The highest BCUT2D eigenvalue weighted by molar-refractivity contribution is 8.03. The Morgan fingerprint density at radius 2 is 1.86 bits per heavy atom. The molecule has 0 saturated heterocycles. The van der Waals surface area contributed by atoms with Gasteiger partial charge in [0.05, 0.1) is 26.7 Å². The van der Waals surface area contributed by atoms with Gasteiger partial charge in [0.1, 0.15) is 11.2 Å². The molecule has 0 fully saturated rings. The van der Waals surface area contributed by atoms with Crippen LogP contribution in [0.5, 0.6) is 0 Å². The van der Waals surface area contributed by atoms with E-state index < -0.39 is 5.97 Å². The third-order valence-corrected chi connectivity index (χ3v) is 9.26. The van der Waals surface area contributed by atoms with E-state index in [9.17, 15) is 4.79 Å². The maximum Gasteiger partial charge on any atom is 0.269 e. The summed E-state index contributed by atoms with van der Waals surface area (Å²) in [5.41, 5.74) is 2.57. The maximum absolute atomic E-state index is 13.1. The molecule has 0 atom stereocenters. The highest BCUT2D eigenvalue weighted by Gasteiger charge is 2.23. The van der Waals surface area contributed by atoms with Crippen molar-refractivity contribution in [2.75, 3.05) is 11.9 Å². The zero-order valence-corrected chi connectivity index (χ0v) is 23.9. The summed E-state index contributed by atoms with van der Waals surface area (Å²) in [5.74, 6) is -1.08. The smallest absolute Gasteiger partial charge is 0.269 e. The number of hydrogen-bond acceptors (Lipinski definition) is 7. The first-order valence-corrected chi connectivity index (χ1v) is 14.5. The highest BCUT2D eigenvalue weighted by Crippen LogP contribution is 2.48. The number of nitrogens with zero attached hydrogens (tertiary/aromatic N) is 3. The van der Waals surface area contributed by atoms with Crippen LogP contribution in [0.1, 0.15) is 31.5 Å². The molecule has 0 saturated carbocycles. The summed E-state index contributed by atoms with van der Waals surface area (Å²) in [5, 5.41) is 15.9. The van der Waals surface area contributed by atoms with E-state index in [4.69, 9.17) is 9.90 Å². The van der Waals surface area contributed by atoms with Crippen LogP contribution >= 0.6 is 34.4 Å². The molecule has 37 heavy (non-hydrogen) atoms. The number of carboxylic acid groups (broad SMARTS) is 1. The minimum Gasteiger partial charge on any atom is -0.550 e. The number of carbonyl (C=O) groups is 1. The van der Waals surface area contributed by atoms with Crippen LogP contribution in [0.15, 0.2) is 62.6 Å². The number of thioether (sulfide) groups is 1. The van der Waals surface area contributed by atoms with Crippen molar-refractivity contribution in [1.29, 1.82) is 0 Å². The van der Waals surface area contributed by atoms with Crippen molar-refractivity contribution in [3.05, 3.63) is 83.1 Å². The molecule has 4 aromatic rings. The number of thiazole rings is 2. The molecule has 0 unspecified atom stereocenters. The average Bonchev–Trinajstić information content (AvgIpc) is 3.49. The molecule has 1 aliphatic heterocycles. The number of allylic oxidation sites excluding steroid dienone is 1. The number of aryl methyl sites for hydroxylation is 1. The Balaban J connectivity index is 0.000000747. The van der Waals surface area contributed by atoms with Crippen molar-refractivity contribution in [2.45, 2.75) is 45.7 Å². The lowest BCUT2D eigenvalue weighted by molar-refractivity contribution is -0.696. The lowest BCUT2D eigenvalue weighted by Gasteiger charge is -2.15. The lowest BCUT2D eigenvalue weighted by Crippen LogP contribution is -2.37. The maximum atomic E-state index is 13.1. The predicted octanol–water partition coefficient (Wildman–Crippen LogP) is 3.21. The average molecular weight is 552 g/mol. The van der Waals surface area contributed by atoms with Crippen molar-refractivity contribution in [2.24, 2.45) is 0 Å². The Morgan fingerprint density at radius 3 is 2.57 bits per heavy atom. The molecule has 3 heterocycles. The summed E-state index contributed by atoms with van der Waals surface area (Å²) >= 11 is 5.04. The second-order valence-corrected chi connectivity index (χ2v) is 11.4. The molecular weight excluding hydrogens is 523 g/mol. The number of aliphatic carboxylic acids is 1. The molecule has 0 bridgehead atoms. The molecule has 9 heteroatoms. The zero-order valence-electron chi connectivity index (χ0n) is 21.5. The second kappa shape index (κ2) is 11.5. The first kappa shape index (κ1) is 26.9. The van der Waals surface area contributed by atoms with Crippen LogP contribution in [0.4, 0.5) is 5.69 Å². The number of fused-ring (bicyclic) bond motifs is 3. The summed E-state index contributed by atoms with van der Waals surface area (Å²) in [6, 6.07) is 12.9. The minimum atomic E-state index is -1.08. The second-order valence-electron chi connectivity index (χ2n) is 8.42. The van der Waals surface area contributed by atoms with E-state index in [2.05, 4.69) is 84.3 Å². The Morgan fingerprint density at radius 1 is 1.14 bits per heavy atom. The number of benzene rings is 2. The van der Waals surface area contributed by atoms with Crippen LogP contribution in [0.2, 0.25) is 0 Å². The molecule has 1 aliphatic rings. The first-order valence-electron chi connectivity index (χ1n) is 12.0. The Labute approximate surface area is 228 Å². The van der Waals surface area contributed by atoms with E-state index >= 15 is 0 Å². The van der Waals surface area contributed by atoms with Crippen molar-refractivity contribution < 1.29 is 14.5 Å². The molecule has 0 amide bonds. The van der Waals surface area contributed by atoms with E-state index in [1.54, 1.807) is 34.4 Å². The van der Waals surface area contributed by atoms with Crippen molar-refractivity contribution >= 4 is 69.0 Å². The van der Waals surface area contributed by atoms with Gasteiger partial charge in [-0.1, -0.05) is 53.4 Å². The van der Waals surface area contributed by atoms with Crippen LogP contribution < -0.4 is 29.3 Å². The summed E-state index contributed by atoms with van der Waals surface area (Å²) < 4.78 is 5.92. The van der Waals surface area contributed by atoms with Gasteiger partial charge >= 0.3 is 0 Å². The fourth-order valence-corrected chi connectivity index (χ4v) is 7.47. The molecule has 192 valence electrons. The van der Waals surface area contributed by atoms with Crippen molar-refractivity contribution in [3.8, 4) is 0 Å². The van der Waals surface area contributed by atoms with Gasteiger partial charge in [0.15, 0.2) is 5.69 Å².